The van der Waals surface area contributed by atoms with Gasteiger partial charge in [0.1, 0.15) is 5.82 Å². The van der Waals surface area contributed by atoms with Crippen LogP contribution < -0.4 is 0 Å². The Labute approximate surface area is 108 Å². The lowest BCUT2D eigenvalue weighted by Gasteiger charge is -2.14. The zero-order chi connectivity index (χ0) is 11.3. The maximum Gasteiger partial charge on any atom is 0.123 e. The third-order valence-electron chi connectivity index (χ3n) is 2.43. The van der Waals surface area contributed by atoms with E-state index in [-0.39, 0.29) is 5.82 Å². The number of benzene rings is 1. The van der Waals surface area contributed by atoms with Crippen molar-refractivity contribution in [1.82, 2.24) is 0 Å². The quantitative estimate of drug-likeness (QED) is 0.667. The molecule has 0 N–H and O–H groups in total. The van der Waals surface area contributed by atoms with E-state index in [0.717, 1.165) is 21.8 Å². The lowest BCUT2D eigenvalue weighted by atomic mass is 9.97. The third-order valence-corrected chi connectivity index (χ3v) is 4.12. The van der Waals surface area contributed by atoms with Crippen LogP contribution >= 0.6 is 31.9 Å². The van der Waals surface area contributed by atoms with Crippen molar-refractivity contribution in [3.05, 3.63) is 34.1 Å². The van der Waals surface area contributed by atoms with Crippen molar-refractivity contribution in [3.63, 3.8) is 0 Å². The largest absolute Gasteiger partial charge is 0.207 e. The van der Waals surface area contributed by atoms with Crippen LogP contribution in [0.1, 0.15) is 25.3 Å². The molecule has 0 saturated heterocycles. The maximum atomic E-state index is 13.1. The van der Waals surface area contributed by atoms with Crippen LogP contribution in [0.5, 0.6) is 0 Å². The van der Waals surface area contributed by atoms with Crippen LogP contribution in [0.15, 0.2) is 22.7 Å². The topological polar surface area (TPSA) is 0 Å². The van der Waals surface area contributed by atoms with Crippen LogP contribution in [0.2, 0.25) is 0 Å². The van der Waals surface area contributed by atoms with Crippen molar-refractivity contribution in [2.24, 2.45) is 5.92 Å². The maximum absolute atomic E-state index is 13.1. The monoisotopic (exact) mass is 336 g/mol. The summed E-state index contributed by atoms with van der Waals surface area (Å²) in [5, 5.41) is 0.976. The van der Waals surface area contributed by atoms with Crippen LogP contribution in [0, 0.1) is 11.7 Å². The molecular formula is C12H15Br2F. The minimum Gasteiger partial charge on any atom is -0.207 e. The molecule has 0 aliphatic carbocycles. The fourth-order valence-electron chi connectivity index (χ4n) is 1.65. The second-order valence-corrected chi connectivity index (χ2v) is 5.25. The Hall–Kier alpha value is 0.110. The minimum absolute atomic E-state index is 0.155. The van der Waals surface area contributed by atoms with Gasteiger partial charge in [0, 0.05) is 9.80 Å². The smallest absolute Gasteiger partial charge is 0.123 e. The Bertz CT molecular complexity index is 312. The fraction of sp³-hybridized carbons (Fsp3) is 0.500. The molecule has 1 unspecified atom stereocenters. The summed E-state index contributed by atoms with van der Waals surface area (Å²) in [6.45, 7) is 2.18. The van der Waals surface area contributed by atoms with E-state index < -0.39 is 0 Å². The lowest BCUT2D eigenvalue weighted by Crippen LogP contribution is -2.06. The number of rotatable bonds is 5. The van der Waals surface area contributed by atoms with E-state index in [9.17, 15) is 4.39 Å². The Morgan fingerprint density at radius 3 is 2.73 bits per heavy atom. The molecule has 0 aromatic heterocycles. The lowest BCUT2D eigenvalue weighted by molar-refractivity contribution is 0.530. The predicted octanol–water partition coefficient (Wildman–Crippen LogP) is 4.94. The van der Waals surface area contributed by atoms with E-state index in [2.05, 4.69) is 38.8 Å². The van der Waals surface area contributed by atoms with Crippen molar-refractivity contribution < 1.29 is 4.39 Å². The van der Waals surface area contributed by atoms with Crippen molar-refractivity contribution in [2.45, 2.75) is 26.2 Å². The van der Waals surface area contributed by atoms with E-state index in [0.29, 0.717) is 5.92 Å². The van der Waals surface area contributed by atoms with Crippen LogP contribution in [-0.4, -0.2) is 5.33 Å². The summed E-state index contributed by atoms with van der Waals surface area (Å²) in [7, 11) is 0. The molecule has 0 bridgehead atoms. The van der Waals surface area contributed by atoms with Crippen molar-refractivity contribution >= 4 is 31.9 Å². The zero-order valence-electron chi connectivity index (χ0n) is 8.77. The molecule has 3 heteroatoms. The highest BCUT2D eigenvalue weighted by Crippen LogP contribution is 2.23. The first-order chi connectivity index (χ1) is 7.17. The molecule has 1 atom stereocenters. The van der Waals surface area contributed by atoms with E-state index >= 15 is 0 Å². The average Bonchev–Trinajstić information content (AvgIpc) is 2.22. The van der Waals surface area contributed by atoms with Crippen LogP contribution in [0.25, 0.3) is 0 Å². The van der Waals surface area contributed by atoms with Gasteiger partial charge in [0.2, 0.25) is 0 Å². The van der Waals surface area contributed by atoms with Gasteiger partial charge < -0.3 is 0 Å². The first kappa shape index (κ1) is 13.2. The van der Waals surface area contributed by atoms with E-state index in [1.54, 1.807) is 12.1 Å². The standard InChI is InChI=1S/C12H15Br2F/c1-2-3-9(8-13)6-10-7-11(15)4-5-12(10)14/h4-5,7,9H,2-3,6,8H2,1H3. The highest BCUT2D eigenvalue weighted by Gasteiger charge is 2.10. The van der Waals surface area contributed by atoms with Gasteiger partial charge in [-0.05, 0) is 42.5 Å². The summed E-state index contributed by atoms with van der Waals surface area (Å²) in [6.07, 6.45) is 3.27. The molecule has 0 fully saturated rings. The molecule has 1 rings (SSSR count). The van der Waals surface area contributed by atoms with Crippen LogP contribution in [-0.2, 0) is 6.42 Å². The number of alkyl halides is 1. The van der Waals surface area contributed by atoms with Crippen molar-refractivity contribution in [2.75, 3.05) is 5.33 Å². The molecule has 0 radical (unpaired) electrons. The Balaban J connectivity index is 2.73. The van der Waals surface area contributed by atoms with E-state index in [4.69, 9.17) is 0 Å². The predicted molar refractivity (Wildman–Crippen MR) is 70.0 cm³/mol. The normalized spacial score (nSPS) is 12.8. The highest BCUT2D eigenvalue weighted by atomic mass is 79.9. The van der Waals surface area contributed by atoms with Gasteiger partial charge >= 0.3 is 0 Å². The molecular weight excluding hydrogens is 323 g/mol. The number of hydrogen-bond acceptors (Lipinski definition) is 0. The Morgan fingerprint density at radius 2 is 2.13 bits per heavy atom. The fourth-order valence-corrected chi connectivity index (χ4v) is 2.61. The minimum atomic E-state index is -0.155. The van der Waals surface area contributed by atoms with E-state index in [1.165, 1.54) is 18.9 Å². The second-order valence-electron chi connectivity index (χ2n) is 3.75. The molecule has 0 nitrogen and oxygen atoms in total. The van der Waals surface area contributed by atoms with Gasteiger partial charge in [0.05, 0.1) is 0 Å². The van der Waals surface area contributed by atoms with Gasteiger partial charge in [0.15, 0.2) is 0 Å². The van der Waals surface area contributed by atoms with Crippen molar-refractivity contribution in [3.8, 4) is 0 Å². The molecule has 84 valence electrons. The number of halogens is 3. The van der Waals surface area contributed by atoms with Crippen LogP contribution in [0.4, 0.5) is 4.39 Å². The molecule has 0 amide bonds. The van der Waals surface area contributed by atoms with Gasteiger partial charge in [-0.25, -0.2) is 4.39 Å². The van der Waals surface area contributed by atoms with Gasteiger partial charge in [-0.1, -0.05) is 45.2 Å². The summed E-state index contributed by atoms with van der Waals surface area (Å²) in [4.78, 5) is 0. The highest BCUT2D eigenvalue weighted by molar-refractivity contribution is 9.10. The van der Waals surface area contributed by atoms with Crippen LogP contribution in [0.3, 0.4) is 0 Å². The molecule has 1 aromatic carbocycles. The van der Waals surface area contributed by atoms with Gasteiger partial charge in [-0.15, -0.1) is 0 Å². The molecule has 0 spiro atoms. The molecule has 0 heterocycles. The molecule has 0 saturated carbocycles. The summed E-state index contributed by atoms with van der Waals surface area (Å²) in [5.74, 6) is 0.436. The molecule has 0 aliphatic rings. The summed E-state index contributed by atoms with van der Waals surface area (Å²) >= 11 is 6.97. The summed E-state index contributed by atoms with van der Waals surface area (Å²) < 4.78 is 14.1. The van der Waals surface area contributed by atoms with Crippen molar-refractivity contribution in [1.29, 1.82) is 0 Å². The van der Waals surface area contributed by atoms with Gasteiger partial charge in [-0.2, -0.15) is 0 Å². The number of hydrogen-bond donors (Lipinski definition) is 0. The third kappa shape index (κ3) is 4.23. The molecule has 15 heavy (non-hydrogen) atoms. The van der Waals surface area contributed by atoms with E-state index in [1.807, 2.05) is 0 Å². The van der Waals surface area contributed by atoms with Gasteiger partial charge in [0.25, 0.3) is 0 Å². The zero-order valence-corrected chi connectivity index (χ0v) is 11.9. The second kappa shape index (κ2) is 6.64. The molecule has 0 aliphatic heterocycles. The molecule has 1 aromatic rings. The Morgan fingerprint density at radius 1 is 1.40 bits per heavy atom. The summed E-state index contributed by atoms with van der Waals surface area (Å²) in [5.41, 5.74) is 1.06. The SMILES string of the molecule is CCCC(CBr)Cc1cc(F)ccc1Br. The van der Waals surface area contributed by atoms with Gasteiger partial charge in [-0.3, -0.25) is 0 Å². The first-order valence-electron chi connectivity index (χ1n) is 5.17. The summed E-state index contributed by atoms with van der Waals surface area (Å²) in [6, 6.07) is 4.88. The first-order valence-corrected chi connectivity index (χ1v) is 7.08. The average molecular weight is 338 g/mol. The Kier molecular flexibility index (Phi) is 5.83.